The van der Waals surface area contributed by atoms with Gasteiger partial charge in [0.05, 0.1) is 26.2 Å². The van der Waals surface area contributed by atoms with E-state index in [9.17, 15) is 30.0 Å². The van der Waals surface area contributed by atoms with Crippen LogP contribution in [0.2, 0.25) is 0 Å². The van der Waals surface area contributed by atoms with Crippen LogP contribution in [0.5, 0.6) is 23.0 Å². The Bertz CT molecular complexity index is 1450. The Morgan fingerprint density at radius 3 is 2.44 bits per heavy atom. The Morgan fingerprint density at radius 2 is 1.74 bits per heavy atom. The smallest absolute Gasteiger partial charge is 0.306 e. The molecule has 1 saturated heterocycles. The molecular weight excluding hydrogens is 648 g/mol. The third kappa shape index (κ3) is 10.4. The molecule has 2 aliphatic rings. The zero-order valence-corrected chi connectivity index (χ0v) is 29.6. The molecule has 0 bridgehead atoms. The van der Waals surface area contributed by atoms with Gasteiger partial charge in [0.1, 0.15) is 48.6 Å². The first-order valence-electron chi connectivity index (χ1n) is 17.3. The fourth-order valence-corrected chi connectivity index (χ4v) is 6.21. The number of carbonyl (C=O) groups is 2. The molecule has 276 valence electrons. The van der Waals surface area contributed by atoms with Crippen LogP contribution < -0.4 is 18.9 Å². The molecule has 2 aromatic carbocycles. The van der Waals surface area contributed by atoms with E-state index in [1.54, 1.807) is 24.3 Å². The molecule has 0 aliphatic carbocycles. The number of hydrogen-bond acceptors (Lipinski definition) is 12. The molecule has 1 fully saturated rings. The molecule has 2 aliphatic heterocycles. The van der Waals surface area contributed by atoms with Crippen molar-refractivity contribution in [3.8, 4) is 23.0 Å². The molecule has 50 heavy (non-hydrogen) atoms. The van der Waals surface area contributed by atoms with E-state index in [1.807, 2.05) is 6.92 Å². The van der Waals surface area contributed by atoms with Crippen molar-refractivity contribution < 1.29 is 58.4 Å². The van der Waals surface area contributed by atoms with Crippen LogP contribution in [0.4, 0.5) is 0 Å². The summed E-state index contributed by atoms with van der Waals surface area (Å²) in [5.41, 5.74) is 2.34. The number of rotatable bonds is 17. The van der Waals surface area contributed by atoms with Crippen molar-refractivity contribution in [1.82, 2.24) is 0 Å². The number of allylic oxidation sites excluding steroid dienone is 2. The largest absolute Gasteiger partial charge is 0.493 e. The average Bonchev–Trinajstić information content (AvgIpc) is 3.09. The second kappa shape index (κ2) is 18.5. The topological polar surface area (TPSA) is 170 Å². The Morgan fingerprint density at radius 1 is 0.980 bits per heavy atom. The summed E-state index contributed by atoms with van der Waals surface area (Å²) in [4.78, 5) is 25.6. The highest BCUT2D eigenvalue weighted by molar-refractivity contribution is 6.00. The molecule has 4 N–H and O–H groups in total. The van der Waals surface area contributed by atoms with Crippen molar-refractivity contribution in [2.24, 2.45) is 11.8 Å². The van der Waals surface area contributed by atoms with Gasteiger partial charge in [0.2, 0.25) is 6.29 Å². The van der Waals surface area contributed by atoms with Gasteiger partial charge in [0.15, 0.2) is 17.3 Å². The highest BCUT2D eigenvalue weighted by atomic mass is 16.7. The lowest BCUT2D eigenvalue weighted by molar-refractivity contribution is -0.278. The second-order valence-electron chi connectivity index (χ2n) is 13.5. The molecule has 12 heteroatoms. The number of ether oxygens (including phenoxy) is 6. The zero-order chi connectivity index (χ0) is 36.4. The van der Waals surface area contributed by atoms with Gasteiger partial charge < -0.3 is 48.8 Å². The number of hydrogen-bond donors (Lipinski definition) is 4. The van der Waals surface area contributed by atoms with Gasteiger partial charge >= 0.3 is 5.97 Å². The van der Waals surface area contributed by atoms with E-state index in [0.717, 1.165) is 32.1 Å². The molecule has 2 aromatic rings. The van der Waals surface area contributed by atoms with Gasteiger partial charge in [-0.25, -0.2) is 0 Å². The Kier molecular flexibility index (Phi) is 14.5. The van der Waals surface area contributed by atoms with Crippen molar-refractivity contribution in [3.05, 3.63) is 59.2 Å². The van der Waals surface area contributed by atoms with Crippen LogP contribution in [-0.2, 0) is 14.3 Å². The molecule has 0 spiro atoms. The lowest BCUT2D eigenvalue weighted by Crippen LogP contribution is -2.60. The van der Waals surface area contributed by atoms with Crippen LogP contribution >= 0.6 is 0 Å². The van der Waals surface area contributed by atoms with Gasteiger partial charge in [-0.1, -0.05) is 37.5 Å². The van der Waals surface area contributed by atoms with Gasteiger partial charge in [0, 0.05) is 19.1 Å². The van der Waals surface area contributed by atoms with Crippen molar-refractivity contribution >= 4 is 11.8 Å². The number of aliphatic hydroxyl groups is 4. The SMILES string of the molecule is COc1ccc(C2CC(=O)c3ccc(OC4OC(COC(=O)C[C@H](C)CCC[C@H](CO)CCC=C(C)C)C(O)C(O)C4O)cc3O2)cc1OC. The van der Waals surface area contributed by atoms with Crippen molar-refractivity contribution in [2.45, 2.75) is 103 Å². The third-order valence-electron chi connectivity index (χ3n) is 9.21. The number of esters is 1. The lowest BCUT2D eigenvalue weighted by atomic mass is 9.93. The minimum atomic E-state index is -1.64. The van der Waals surface area contributed by atoms with Crippen LogP contribution in [0.3, 0.4) is 0 Å². The van der Waals surface area contributed by atoms with E-state index >= 15 is 0 Å². The molecule has 12 nitrogen and oxygen atoms in total. The summed E-state index contributed by atoms with van der Waals surface area (Å²) in [6.07, 6.45) is -1.15. The fraction of sp³-hybridized carbons (Fsp3) is 0.579. The van der Waals surface area contributed by atoms with Gasteiger partial charge in [-0.05, 0) is 74.8 Å². The monoisotopic (exact) mass is 700 g/mol. The summed E-state index contributed by atoms with van der Waals surface area (Å²) in [6, 6.07) is 9.84. The minimum Gasteiger partial charge on any atom is -0.493 e. The summed E-state index contributed by atoms with van der Waals surface area (Å²) in [5.74, 6) is 1.15. The zero-order valence-electron chi connectivity index (χ0n) is 29.6. The van der Waals surface area contributed by atoms with Gasteiger partial charge in [-0.3, -0.25) is 9.59 Å². The predicted octanol–water partition coefficient (Wildman–Crippen LogP) is 4.69. The molecule has 6 unspecified atom stereocenters. The van der Waals surface area contributed by atoms with Crippen LogP contribution in [0, 0.1) is 11.8 Å². The summed E-state index contributed by atoms with van der Waals surface area (Å²) < 4.78 is 33.9. The molecule has 0 radical (unpaired) electrons. The Hall–Kier alpha value is -3.68. The first-order chi connectivity index (χ1) is 23.9. The number of carbonyl (C=O) groups excluding carboxylic acids is 2. The van der Waals surface area contributed by atoms with E-state index in [1.165, 1.54) is 31.9 Å². The maximum absolute atomic E-state index is 13.0. The molecular formula is C38H52O12. The molecule has 0 saturated carbocycles. The van der Waals surface area contributed by atoms with Gasteiger partial charge in [-0.15, -0.1) is 0 Å². The molecule has 8 atom stereocenters. The van der Waals surface area contributed by atoms with Crippen LogP contribution in [0.1, 0.15) is 87.7 Å². The van der Waals surface area contributed by atoms with Crippen molar-refractivity contribution in [1.29, 1.82) is 0 Å². The van der Waals surface area contributed by atoms with Gasteiger partial charge in [-0.2, -0.15) is 0 Å². The number of methoxy groups -OCH3 is 2. The first-order valence-corrected chi connectivity index (χ1v) is 17.3. The van der Waals surface area contributed by atoms with E-state index < -0.39 is 42.8 Å². The molecule has 0 amide bonds. The van der Waals surface area contributed by atoms with Crippen LogP contribution in [0.15, 0.2) is 48.0 Å². The first kappa shape index (κ1) is 39.1. The summed E-state index contributed by atoms with van der Waals surface area (Å²) in [5, 5.41) is 41.5. The van der Waals surface area contributed by atoms with E-state index in [0.29, 0.717) is 22.6 Å². The van der Waals surface area contributed by atoms with E-state index in [4.69, 9.17) is 28.4 Å². The maximum atomic E-state index is 13.0. The van der Waals surface area contributed by atoms with Crippen LogP contribution in [-0.4, -0.2) is 90.3 Å². The average molecular weight is 701 g/mol. The number of benzene rings is 2. The second-order valence-corrected chi connectivity index (χ2v) is 13.5. The van der Waals surface area contributed by atoms with Gasteiger partial charge in [0.25, 0.3) is 0 Å². The molecule has 2 heterocycles. The standard InChI is InChI=1S/C38H52O12/c1-22(2)8-6-10-24(20-39)11-7-9-23(3)16-34(41)47-21-33-35(42)36(43)37(44)38(50-33)48-26-13-14-27-28(40)19-30(49-31(27)18-26)25-12-15-29(45-4)32(17-25)46-5/h8,12-15,17-18,23-24,30,33,35-39,42-44H,6-7,9-11,16,19-21H2,1-5H3/t23-,24-,30?,33?,35?,36?,37?,38?/m1/s1. The van der Waals surface area contributed by atoms with E-state index in [2.05, 4.69) is 19.9 Å². The third-order valence-corrected chi connectivity index (χ3v) is 9.21. The highest BCUT2D eigenvalue weighted by Crippen LogP contribution is 2.40. The summed E-state index contributed by atoms with van der Waals surface area (Å²) in [6.45, 7) is 5.86. The predicted molar refractivity (Wildman–Crippen MR) is 183 cm³/mol. The highest BCUT2D eigenvalue weighted by Gasteiger charge is 2.45. The summed E-state index contributed by atoms with van der Waals surface area (Å²) >= 11 is 0. The maximum Gasteiger partial charge on any atom is 0.306 e. The molecule has 0 aromatic heterocycles. The summed E-state index contributed by atoms with van der Waals surface area (Å²) in [7, 11) is 3.05. The number of ketones is 1. The Labute approximate surface area is 293 Å². The van der Waals surface area contributed by atoms with E-state index in [-0.39, 0.29) is 55.2 Å². The fourth-order valence-electron chi connectivity index (χ4n) is 6.21. The quantitative estimate of drug-likeness (QED) is 0.133. The minimum absolute atomic E-state index is 0.0461. The number of aliphatic hydroxyl groups excluding tert-OH is 4. The van der Waals surface area contributed by atoms with Crippen molar-refractivity contribution in [2.75, 3.05) is 27.4 Å². The van der Waals surface area contributed by atoms with Crippen molar-refractivity contribution in [3.63, 3.8) is 0 Å². The number of fused-ring (bicyclic) bond motifs is 1. The molecule has 4 rings (SSSR count). The number of Topliss-reactive ketones (excluding diaryl/α,β-unsaturated/α-hetero) is 1. The van der Waals surface area contributed by atoms with Crippen LogP contribution in [0.25, 0.3) is 0 Å². The lowest BCUT2D eigenvalue weighted by Gasteiger charge is -2.40. The Balaban J connectivity index is 1.31. The normalized spacial score (nSPS) is 24.3.